The van der Waals surface area contributed by atoms with Gasteiger partial charge in [0.15, 0.2) is 5.82 Å². The maximum absolute atomic E-state index is 13.5. The lowest BCUT2D eigenvalue weighted by Crippen LogP contribution is -2.74. The highest BCUT2D eigenvalue weighted by Crippen LogP contribution is 2.55. The molecule has 2 saturated heterocycles. The van der Waals surface area contributed by atoms with Crippen LogP contribution in [0.2, 0.25) is 5.02 Å². The molecule has 3 aliphatic rings. The van der Waals surface area contributed by atoms with Crippen LogP contribution in [0.1, 0.15) is 81.8 Å². The van der Waals surface area contributed by atoms with Crippen molar-refractivity contribution in [3.05, 3.63) is 93.4 Å². The Balaban J connectivity index is 0.800. The number of piperazine rings is 1. The lowest BCUT2D eigenvalue weighted by atomic mass is 9.49. The summed E-state index contributed by atoms with van der Waals surface area (Å²) in [4.78, 5) is 55.0. The first-order valence-electron chi connectivity index (χ1n) is 20.6. The van der Waals surface area contributed by atoms with Crippen LogP contribution < -0.4 is 30.7 Å². The summed E-state index contributed by atoms with van der Waals surface area (Å²) in [7, 11) is 1.61. The molecule has 3 aromatic carbocycles. The Bertz CT molecular complexity index is 2310. The number of ether oxygens (including phenoxy) is 2. The van der Waals surface area contributed by atoms with Gasteiger partial charge in [-0.25, -0.2) is 9.48 Å². The molecule has 3 heterocycles. The summed E-state index contributed by atoms with van der Waals surface area (Å²) < 4.78 is 14.9. The zero-order chi connectivity index (χ0) is 42.8. The summed E-state index contributed by atoms with van der Waals surface area (Å²) >= 11 is 6.25. The van der Waals surface area contributed by atoms with E-state index in [2.05, 4.69) is 59.3 Å². The van der Waals surface area contributed by atoms with Crippen LogP contribution in [0.5, 0.6) is 11.5 Å². The fourth-order valence-corrected chi connectivity index (χ4v) is 9.41. The van der Waals surface area contributed by atoms with Crippen molar-refractivity contribution >= 4 is 35.0 Å². The summed E-state index contributed by atoms with van der Waals surface area (Å²) in [5, 5.41) is 19.6. The second-order valence-corrected chi connectivity index (χ2v) is 17.6. The molecular weight excluding hydrogens is 784 g/mol. The van der Waals surface area contributed by atoms with Crippen molar-refractivity contribution in [2.45, 2.75) is 78.0 Å². The van der Waals surface area contributed by atoms with Crippen LogP contribution in [0.25, 0.3) is 11.4 Å². The minimum absolute atomic E-state index is 0.108. The summed E-state index contributed by atoms with van der Waals surface area (Å²) in [5.74, 6) is 0.808. The fraction of sp³-hybridized carbons (Fsp3) is 0.467. The molecule has 2 aliphatic heterocycles. The lowest BCUT2D eigenvalue weighted by molar-refractivity contribution is -0.164. The number of nitrogens with one attached hydrogen (secondary N) is 2. The molecule has 15 heteroatoms. The summed E-state index contributed by atoms with van der Waals surface area (Å²) in [6.07, 6.45) is 3.30. The summed E-state index contributed by atoms with van der Waals surface area (Å²) in [6.45, 7) is 13.8. The molecule has 1 saturated carbocycles. The molecule has 7 rings (SSSR count). The quantitative estimate of drug-likeness (QED) is 0.118. The third-order valence-electron chi connectivity index (χ3n) is 12.3. The molecular formula is C45H53ClN8O6. The number of aromatic nitrogens is 3. The van der Waals surface area contributed by atoms with Gasteiger partial charge >= 0.3 is 5.69 Å². The molecule has 0 radical (unpaired) electrons. The van der Waals surface area contributed by atoms with Crippen molar-refractivity contribution in [2.24, 2.45) is 17.9 Å². The first-order chi connectivity index (χ1) is 28.7. The van der Waals surface area contributed by atoms with Gasteiger partial charge in [0, 0.05) is 79.4 Å². The normalized spacial score (nSPS) is 21.1. The molecule has 60 heavy (non-hydrogen) atoms. The van der Waals surface area contributed by atoms with E-state index < -0.39 is 17.6 Å². The predicted octanol–water partition coefficient (Wildman–Crippen LogP) is 5.73. The van der Waals surface area contributed by atoms with E-state index >= 15 is 0 Å². The zero-order valence-electron chi connectivity index (χ0n) is 34.9. The molecule has 0 spiro atoms. The van der Waals surface area contributed by atoms with Gasteiger partial charge in [-0.1, -0.05) is 39.3 Å². The van der Waals surface area contributed by atoms with Gasteiger partial charge in [-0.3, -0.25) is 29.2 Å². The van der Waals surface area contributed by atoms with Crippen molar-refractivity contribution in [3.8, 4) is 29.0 Å². The summed E-state index contributed by atoms with van der Waals surface area (Å²) in [5.41, 5.74) is 1.76. The number of anilines is 1. The molecule has 1 unspecified atom stereocenters. The number of piperidine rings is 1. The van der Waals surface area contributed by atoms with E-state index in [1.165, 1.54) is 4.57 Å². The number of nitrogens with zero attached hydrogens (tertiary/aromatic N) is 6. The van der Waals surface area contributed by atoms with Gasteiger partial charge in [0.1, 0.15) is 29.7 Å². The maximum atomic E-state index is 13.5. The number of imide groups is 1. The molecule has 316 valence electrons. The van der Waals surface area contributed by atoms with E-state index in [9.17, 15) is 24.4 Å². The van der Waals surface area contributed by atoms with Crippen molar-refractivity contribution in [3.63, 3.8) is 0 Å². The number of carbonyl (C=O) groups is 3. The van der Waals surface area contributed by atoms with Gasteiger partial charge in [-0.15, -0.1) is 5.10 Å². The summed E-state index contributed by atoms with van der Waals surface area (Å²) in [6, 6.07) is 21.5. The van der Waals surface area contributed by atoms with Crippen molar-refractivity contribution in [1.82, 2.24) is 29.9 Å². The second-order valence-electron chi connectivity index (χ2n) is 17.2. The van der Waals surface area contributed by atoms with Gasteiger partial charge in [-0.05, 0) is 92.9 Å². The van der Waals surface area contributed by atoms with Crippen LogP contribution in [0.4, 0.5) is 5.69 Å². The van der Waals surface area contributed by atoms with Crippen LogP contribution in [-0.2, 0) is 16.6 Å². The lowest BCUT2D eigenvalue weighted by Gasteiger charge is -2.63. The van der Waals surface area contributed by atoms with Crippen LogP contribution >= 0.6 is 11.6 Å². The highest BCUT2D eigenvalue weighted by atomic mass is 35.5. The van der Waals surface area contributed by atoms with E-state index in [4.69, 9.17) is 21.1 Å². The molecule has 4 aromatic rings. The number of rotatable bonds is 14. The van der Waals surface area contributed by atoms with Crippen molar-refractivity contribution < 1.29 is 23.9 Å². The third kappa shape index (κ3) is 8.79. The smallest absolute Gasteiger partial charge is 0.346 e. The van der Waals surface area contributed by atoms with Gasteiger partial charge in [0.2, 0.25) is 5.91 Å². The Labute approximate surface area is 355 Å². The molecule has 3 fully saturated rings. The first-order valence-corrected chi connectivity index (χ1v) is 21.0. The molecule has 1 aromatic heterocycles. The number of amides is 3. The molecule has 3 amide bonds. The number of nitriles is 1. The standard InChI is InChI=1S/C45H53ClN8O6/c1-44(2)41(45(3,4)42(44)60-34-18-13-31(28-47)35(46)27-34)49-39(56)30-9-14-32(15-10-30)53-24-22-52(23-25-53)21-7-6-8-26-59-33-16-11-29(12-17-33)38-50-54(43(58)51(38)5)36-19-20-37(55)48-40(36)57/h9-18,27,36,41-42H,6-8,19-26H2,1-5H3,(H,49,56)(H,48,55,57). The zero-order valence-corrected chi connectivity index (χ0v) is 35.6. The number of benzene rings is 3. The molecule has 1 atom stereocenters. The number of unbranched alkanes of at least 4 members (excludes halogenated alkanes) is 2. The van der Waals surface area contributed by atoms with Crippen LogP contribution in [0, 0.1) is 22.2 Å². The number of halogens is 1. The first kappa shape index (κ1) is 42.5. The third-order valence-corrected chi connectivity index (χ3v) is 12.6. The average molecular weight is 837 g/mol. The highest BCUT2D eigenvalue weighted by molar-refractivity contribution is 6.31. The highest BCUT2D eigenvalue weighted by Gasteiger charge is 2.64. The monoisotopic (exact) mass is 836 g/mol. The van der Waals surface area contributed by atoms with Crippen molar-refractivity contribution in [1.29, 1.82) is 5.26 Å². The Hall–Kier alpha value is -5.65. The van der Waals surface area contributed by atoms with Crippen LogP contribution in [0.15, 0.2) is 71.5 Å². The van der Waals surface area contributed by atoms with Crippen LogP contribution in [0.3, 0.4) is 0 Å². The Morgan fingerprint density at radius 1 is 0.933 bits per heavy atom. The molecule has 2 N–H and O–H groups in total. The maximum Gasteiger partial charge on any atom is 0.346 e. The van der Waals surface area contributed by atoms with E-state index in [0.29, 0.717) is 34.3 Å². The van der Waals surface area contributed by atoms with E-state index in [1.54, 1.807) is 25.2 Å². The Morgan fingerprint density at radius 3 is 2.27 bits per heavy atom. The average Bonchev–Trinajstić information content (AvgIpc) is 3.53. The SMILES string of the molecule is Cn1c(-c2ccc(OCCCCCN3CCN(c4ccc(C(=O)NC5C(C)(C)C(Oc6ccc(C#N)c(Cl)c6)C5(C)C)cc4)CC3)cc2)nn(C2CCC(=O)NC2=O)c1=O. The van der Waals surface area contributed by atoms with Gasteiger partial charge < -0.3 is 19.7 Å². The number of hydrogen-bond donors (Lipinski definition) is 2. The Morgan fingerprint density at radius 2 is 1.62 bits per heavy atom. The predicted molar refractivity (Wildman–Crippen MR) is 228 cm³/mol. The topological polar surface area (TPSA) is 164 Å². The fourth-order valence-electron chi connectivity index (χ4n) is 9.19. The number of hydrogen-bond acceptors (Lipinski definition) is 10. The van der Waals surface area contributed by atoms with Gasteiger partial charge in [-0.2, -0.15) is 5.26 Å². The minimum Gasteiger partial charge on any atom is -0.494 e. The van der Waals surface area contributed by atoms with Crippen molar-refractivity contribution in [2.75, 3.05) is 44.2 Å². The minimum atomic E-state index is -0.810. The van der Waals surface area contributed by atoms with E-state index in [-0.39, 0.29) is 47.6 Å². The number of carbonyl (C=O) groups excluding carboxylic acids is 3. The van der Waals surface area contributed by atoms with Gasteiger partial charge in [0.25, 0.3) is 11.8 Å². The largest absolute Gasteiger partial charge is 0.494 e. The van der Waals surface area contributed by atoms with E-state index in [0.717, 1.165) is 73.7 Å². The molecule has 1 aliphatic carbocycles. The second kappa shape index (κ2) is 17.5. The molecule has 14 nitrogen and oxygen atoms in total. The van der Waals surface area contributed by atoms with E-state index in [1.807, 2.05) is 48.5 Å². The van der Waals surface area contributed by atoms with Crippen LogP contribution in [-0.4, -0.2) is 88.4 Å². The molecule has 0 bridgehead atoms. The Kier molecular flexibility index (Phi) is 12.4. The van der Waals surface area contributed by atoms with Gasteiger partial charge in [0.05, 0.1) is 17.2 Å².